The lowest BCUT2D eigenvalue weighted by atomic mass is 10.1. The van der Waals surface area contributed by atoms with E-state index in [1.807, 2.05) is 11.0 Å². The Kier molecular flexibility index (Phi) is 5.16. The molecule has 1 atom stereocenters. The zero-order valence-corrected chi connectivity index (χ0v) is 14.0. The van der Waals surface area contributed by atoms with Crippen LogP contribution >= 0.6 is 11.6 Å². The molecule has 1 aliphatic heterocycles. The summed E-state index contributed by atoms with van der Waals surface area (Å²) in [6.07, 6.45) is 0.803. The molecule has 7 heteroatoms. The molecule has 1 fully saturated rings. The molecule has 0 aromatic heterocycles. The molecule has 0 saturated carbocycles. The first-order valence-electron chi connectivity index (χ1n) is 7.80. The van der Waals surface area contributed by atoms with Crippen molar-refractivity contribution < 1.29 is 13.2 Å². The van der Waals surface area contributed by atoms with Crippen LogP contribution in [0.15, 0.2) is 30.3 Å². The number of rotatable bonds is 4. The summed E-state index contributed by atoms with van der Waals surface area (Å²) in [7, 11) is 0. The van der Waals surface area contributed by atoms with Gasteiger partial charge in [0.1, 0.15) is 11.9 Å². The summed E-state index contributed by atoms with van der Waals surface area (Å²) in [4.78, 5) is 1.85. The number of hydrogen-bond donors (Lipinski definition) is 1. The van der Waals surface area contributed by atoms with Crippen molar-refractivity contribution in [2.45, 2.75) is 19.0 Å². The summed E-state index contributed by atoms with van der Waals surface area (Å²) in [5.41, 5.74) is 0.935. The van der Waals surface area contributed by atoms with Crippen LogP contribution in [0.1, 0.15) is 17.5 Å². The third-order valence-electron chi connectivity index (χ3n) is 4.29. The minimum atomic E-state index is -1.21. The van der Waals surface area contributed by atoms with Gasteiger partial charge in [0.05, 0.1) is 10.6 Å². The van der Waals surface area contributed by atoms with E-state index in [2.05, 4.69) is 5.32 Å². The van der Waals surface area contributed by atoms with E-state index in [1.165, 1.54) is 0 Å². The molecular formula is C18H15ClF3N3. The standard InChI is InChI=1S/C18H15ClF3N3/c19-16-7-14(2-1-11(16)8-23)25(15-3-4-24-9-15)10-12-5-13(20)6-17(21)18(12)22/h1-2,5-7,15,24H,3-4,9-10H2/t15-/m0/s1. The Labute approximate surface area is 148 Å². The number of nitriles is 1. The van der Waals surface area contributed by atoms with Crippen LogP contribution in [-0.2, 0) is 6.54 Å². The first kappa shape index (κ1) is 17.6. The van der Waals surface area contributed by atoms with Gasteiger partial charge in [-0.1, -0.05) is 11.6 Å². The molecular weight excluding hydrogens is 351 g/mol. The fourth-order valence-corrected chi connectivity index (χ4v) is 3.23. The molecule has 2 aromatic rings. The lowest BCUT2D eigenvalue weighted by Gasteiger charge is -2.31. The van der Waals surface area contributed by atoms with Crippen molar-refractivity contribution in [3.8, 4) is 6.07 Å². The summed E-state index contributed by atoms with van der Waals surface area (Å²) in [5, 5.41) is 12.5. The Balaban J connectivity index is 1.99. The largest absolute Gasteiger partial charge is 0.363 e. The van der Waals surface area contributed by atoms with Crippen LogP contribution in [0.25, 0.3) is 0 Å². The van der Waals surface area contributed by atoms with Crippen molar-refractivity contribution >= 4 is 17.3 Å². The molecule has 0 radical (unpaired) electrons. The SMILES string of the molecule is N#Cc1ccc(N(Cc2cc(F)cc(F)c2F)[C@H]2CCNC2)cc1Cl. The van der Waals surface area contributed by atoms with E-state index in [-0.39, 0.29) is 23.2 Å². The molecule has 2 aromatic carbocycles. The molecule has 0 unspecified atom stereocenters. The molecule has 0 bridgehead atoms. The summed E-state index contributed by atoms with van der Waals surface area (Å²) < 4.78 is 41.1. The number of halogens is 4. The van der Waals surface area contributed by atoms with Gasteiger partial charge >= 0.3 is 0 Å². The van der Waals surface area contributed by atoms with Crippen molar-refractivity contribution in [3.05, 3.63) is 63.9 Å². The maximum atomic E-state index is 14.1. The molecule has 0 amide bonds. The average molecular weight is 366 g/mol. The van der Waals surface area contributed by atoms with E-state index in [4.69, 9.17) is 16.9 Å². The van der Waals surface area contributed by atoms with Crippen molar-refractivity contribution in [2.24, 2.45) is 0 Å². The fraction of sp³-hybridized carbons (Fsp3) is 0.278. The van der Waals surface area contributed by atoms with Crippen LogP contribution in [0.2, 0.25) is 5.02 Å². The van der Waals surface area contributed by atoms with Crippen molar-refractivity contribution in [2.75, 3.05) is 18.0 Å². The van der Waals surface area contributed by atoms with Gasteiger partial charge in [0.15, 0.2) is 11.6 Å². The molecule has 1 N–H and O–H groups in total. The Morgan fingerprint density at radius 1 is 1.24 bits per heavy atom. The lowest BCUT2D eigenvalue weighted by molar-refractivity contribution is 0.480. The maximum Gasteiger partial charge on any atom is 0.164 e. The summed E-state index contributed by atoms with van der Waals surface area (Å²) >= 11 is 6.11. The third-order valence-corrected chi connectivity index (χ3v) is 4.60. The summed E-state index contributed by atoms with van der Waals surface area (Å²) in [5.74, 6) is -3.09. The molecule has 25 heavy (non-hydrogen) atoms. The van der Waals surface area contributed by atoms with Gasteiger partial charge in [0.2, 0.25) is 0 Å². The predicted molar refractivity (Wildman–Crippen MR) is 89.9 cm³/mol. The maximum absolute atomic E-state index is 14.1. The summed E-state index contributed by atoms with van der Waals surface area (Å²) in [6, 6.07) is 8.43. The quantitative estimate of drug-likeness (QED) is 0.832. The smallest absolute Gasteiger partial charge is 0.164 e. The van der Waals surface area contributed by atoms with Gasteiger partial charge in [-0.15, -0.1) is 0 Å². The second-order valence-electron chi connectivity index (χ2n) is 5.91. The molecule has 3 nitrogen and oxygen atoms in total. The summed E-state index contributed by atoms with van der Waals surface area (Å²) in [6.45, 7) is 1.46. The number of benzene rings is 2. The Morgan fingerprint density at radius 2 is 2.04 bits per heavy atom. The van der Waals surface area contributed by atoms with Crippen LogP contribution in [-0.4, -0.2) is 19.1 Å². The minimum absolute atomic E-state index is 0.00487. The number of hydrogen-bond acceptors (Lipinski definition) is 3. The van der Waals surface area contributed by atoms with Gasteiger partial charge in [-0.25, -0.2) is 13.2 Å². The topological polar surface area (TPSA) is 39.1 Å². The lowest BCUT2D eigenvalue weighted by Crippen LogP contribution is -2.36. The molecule has 0 aliphatic carbocycles. The highest BCUT2D eigenvalue weighted by atomic mass is 35.5. The van der Waals surface area contributed by atoms with Crippen LogP contribution in [0.4, 0.5) is 18.9 Å². The van der Waals surface area contributed by atoms with E-state index in [9.17, 15) is 13.2 Å². The van der Waals surface area contributed by atoms with Crippen LogP contribution in [0, 0.1) is 28.8 Å². The van der Waals surface area contributed by atoms with Gasteiger partial charge in [-0.3, -0.25) is 0 Å². The van der Waals surface area contributed by atoms with Crippen molar-refractivity contribution in [1.29, 1.82) is 5.26 Å². The minimum Gasteiger partial charge on any atom is -0.363 e. The Hall–Kier alpha value is -2.23. The van der Waals surface area contributed by atoms with Crippen LogP contribution in [0.5, 0.6) is 0 Å². The Bertz CT molecular complexity index is 829. The Morgan fingerprint density at radius 3 is 2.68 bits per heavy atom. The van der Waals surface area contributed by atoms with E-state index < -0.39 is 17.5 Å². The molecule has 1 saturated heterocycles. The highest BCUT2D eigenvalue weighted by Crippen LogP contribution is 2.29. The second kappa shape index (κ2) is 7.34. The third kappa shape index (κ3) is 3.73. The second-order valence-corrected chi connectivity index (χ2v) is 6.32. The zero-order chi connectivity index (χ0) is 18.0. The monoisotopic (exact) mass is 365 g/mol. The average Bonchev–Trinajstić information content (AvgIpc) is 3.11. The van der Waals surface area contributed by atoms with Gasteiger partial charge in [-0.05, 0) is 37.2 Å². The fourth-order valence-electron chi connectivity index (χ4n) is 3.02. The first-order chi connectivity index (χ1) is 12.0. The number of nitrogens with one attached hydrogen (secondary N) is 1. The van der Waals surface area contributed by atoms with Gasteiger partial charge in [0, 0.05) is 36.4 Å². The van der Waals surface area contributed by atoms with Crippen molar-refractivity contribution in [3.63, 3.8) is 0 Å². The molecule has 3 rings (SSSR count). The predicted octanol–water partition coefficient (Wildman–Crippen LogP) is 4.00. The molecule has 1 heterocycles. The number of anilines is 1. The van der Waals surface area contributed by atoms with E-state index in [1.54, 1.807) is 18.2 Å². The van der Waals surface area contributed by atoms with Gasteiger partial charge in [0.25, 0.3) is 0 Å². The molecule has 130 valence electrons. The van der Waals surface area contributed by atoms with Gasteiger partial charge < -0.3 is 10.2 Å². The highest BCUT2D eigenvalue weighted by Gasteiger charge is 2.25. The van der Waals surface area contributed by atoms with Gasteiger partial charge in [-0.2, -0.15) is 5.26 Å². The van der Waals surface area contributed by atoms with Crippen LogP contribution < -0.4 is 10.2 Å². The zero-order valence-electron chi connectivity index (χ0n) is 13.2. The molecule has 0 spiro atoms. The highest BCUT2D eigenvalue weighted by molar-refractivity contribution is 6.32. The normalized spacial score (nSPS) is 16.7. The van der Waals surface area contributed by atoms with Crippen LogP contribution in [0.3, 0.4) is 0 Å². The first-order valence-corrected chi connectivity index (χ1v) is 8.18. The van der Waals surface area contributed by atoms with E-state index >= 15 is 0 Å². The van der Waals surface area contributed by atoms with E-state index in [0.29, 0.717) is 23.9 Å². The van der Waals surface area contributed by atoms with Crippen molar-refractivity contribution in [1.82, 2.24) is 5.32 Å². The van der Waals surface area contributed by atoms with E-state index in [0.717, 1.165) is 19.0 Å². The molecule has 1 aliphatic rings. The number of nitrogens with zero attached hydrogens (tertiary/aromatic N) is 2.